The number of ether oxygens (including phenoxy) is 1. The molecular formula is C19H15FN4O2. The summed E-state index contributed by atoms with van der Waals surface area (Å²) in [4.78, 5) is 4.62. The van der Waals surface area contributed by atoms with E-state index in [1.165, 1.54) is 12.1 Å². The number of para-hydroxylation sites is 1. The molecule has 1 fully saturated rings. The Hall–Kier alpha value is -3.06. The summed E-state index contributed by atoms with van der Waals surface area (Å²) in [6.07, 6.45) is 0.707. The van der Waals surface area contributed by atoms with Crippen molar-refractivity contribution in [2.24, 2.45) is 0 Å². The summed E-state index contributed by atoms with van der Waals surface area (Å²) in [6, 6.07) is 14.1. The van der Waals surface area contributed by atoms with E-state index in [2.05, 4.69) is 20.3 Å². The van der Waals surface area contributed by atoms with Crippen LogP contribution in [0.4, 0.5) is 4.39 Å². The molecule has 1 saturated heterocycles. The van der Waals surface area contributed by atoms with Crippen LogP contribution < -0.4 is 0 Å². The Kier molecular flexibility index (Phi) is 3.36. The van der Waals surface area contributed by atoms with Gasteiger partial charge in [-0.15, -0.1) is 0 Å². The molecule has 7 heteroatoms. The van der Waals surface area contributed by atoms with Gasteiger partial charge in [-0.2, -0.15) is 10.1 Å². The first-order valence-corrected chi connectivity index (χ1v) is 8.38. The molecule has 0 bridgehead atoms. The van der Waals surface area contributed by atoms with Crippen molar-refractivity contribution in [3.63, 3.8) is 0 Å². The van der Waals surface area contributed by atoms with Gasteiger partial charge in [0.25, 0.3) is 5.89 Å². The Labute approximate surface area is 148 Å². The SMILES string of the molecule is Fc1ccc(C2(c3noc(-c4n[nH]c5ccccc45)n3)CCOC2)cc1. The molecule has 1 N–H and O–H groups in total. The monoisotopic (exact) mass is 350 g/mol. The normalized spacial score (nSPS) is 20.0. The van der Waals surface area contributed by atoms with Crippen molar-refractivity contribution < 1.29 is 13.7 Å². The molecule has 2 aromatic heterocycles. The van der Waals surface area contributed by atoms with Crippen LogP contribution in [-0.2, 0) is 10.2 Å². The molecule has 130 valence electrons. The third-order valence-electron chi connectivity index (χ3n) is 4.95. The zero-order chi connectivity index (χ0) is 17.6. The second kappa shape index (κ2) is 5.74. The van der Waals surface area contributed by atoms with Gasteiger partial charge in [0.2, 0.25) is 0 Å². The summed E-state index contributed by atoms with van der Waals surface area (Å²) < 4.78 is 24.5. The number of nitrogens with one attached hydrogen (secondary N) is 1. The molecule has 1 aliphatic rings. The van der Waals surface area contributed by atoms with E-state index in [1.807, 2.05) is 24.3 Å². The smallest absolute Gasteiger partial charge is 0.279 e. The van der Waals surface area contributed by atoms with Gasteiger partial charge >= 0.3 is 0 Å². The maximum Gasteiger partial charge on any atom is 0.279 e. The maximum absolute atomic E-state index is 13.3. The quantitative estimate of drug-likeness (QED) is 0.612. The highest BCUT2D eigenvalue weighted by Crippen LogP contribution is 2.39. The van der Waals surface area contributed by atoms with Crippen LogP contribution in [0.15, 0.2) is 53.1 Å². The number of hydrogen-bond donors (Lipinski definition) is 1. The van der Waals surface area contributed by atoms with Crippen LogP contribution in [0.1, 0.15) is 17.8 Å². The van der Waals surface area contributed by atoms with Crippen molar-refractivity contribution in [1.29, 1.82) is 0 Å². The van der Waals surface area contributed by atoms with Crippen molar-refractivity contribution in [2.45, 2.75) is 11.8 Å². The molecule has 0 saturated carbocycles. The van der Waals surface area contributed by atoms with Crippen LogP contribution in [-0.4, -0.2) is 33.6 Å². The summed E-state index contributed by atoms with van der Waals surface area (Å²) in [7, 11) is 0. The Balaban J connectivity index is 1.60. The Morgan fingerprint density at radius 1 is 1.08 bits per heavy atom. The number of aromatic nitrogens is 4. The molecule has 1 unspecified atom stereocenters. The summed E-state index contributed by atoms with van der Waals surface area (Å²) >= 11 is 0. The summed E-state index contributed by atoms with van der Waals surface area (Å²) in [6.45, 7) is 1.02. The zero-order valence-corrected chi connectivity index (χ0v) is 13.8. The molecule has 5 rings (SSSR count). The minimum Gasteiger partial charge on any atom is -0.380 e. The number of nitrogens with zero attached hydrogens (tertiary/aromatic N) is 3. The van der Waals surface area contributed by atoms with Crippen molar-refractivity contribution >= 4 is 10.9 Å². The highest BCUT2D eigenvalue weighted by Gasteiger charge is 2.43. The average Bonchev–Trinajstić information content (AvgIpc) is 3.41. The minimum atomic E-state index is -0.540. The van der Waals surface area contributed by atoms with Crippen molar-refractivity contribution in [3.8, 4) is 11.6 Å². The van der Waals surface area contributed by atoms with Gasteiger partial charge < -0.3 is 9.26 Å². The van der Waals surface area contributed by atoms with E-state index in [0.717, 1.165) is 16.5 Å². The van der Waals surface area contributed by atoms with Gasteiger partial charge in [-0.1, -0.05) is 35.5 Å². The van der Waals surface area contributed by atoms with E-state index in [1.54, 1.807) is 12.1 Å². The van der Waals surface area contributed by atoms with Crippen LogP contribution in [0.2, 0.25) is 0 Å². The summed E-state index contributed by atoms with van der Waals surface area (Å²) in [5.74, 6) is 0.606. The fraction of sp³-hybridized carbons (Fsp3) is 0.211. The highest BCUT2D eigenvalue weighted by atomic mass is 19.1. The Morgan fingerprint density at radius 2 is 1.92 bits per heavy atom. The van der Waals surface area contributed by atoms with Crippen LogP contribution in [0.5, 0.6) is 0 Å². The fourth-order valence-corrected chi connectivity index (χ4v) is 3.51. The van der Waals surface area contributed by atoms with E-state index in [4.69, 9.17) is 9.26 Å². The van der Waals surface area contributed by atoms with Gasteiger partial charge in [-0.3, -0.25) is 5.10 Å². The first-order chi connectivity index (χ1) is 12.8. The lowest BCUT2D eigenvalue weighted by Gasteiger charge is -2.23. The fourth-order valence-electron chi connectivity index (χ4n) is 3.51. The van der Waals surface area contributed by atoms with Gasteiger partial charge in [-0.25, -0.2) is 4.39 Å². The standard InChI is InChI=1S/C19H15FN4O2/c20-13-7-5-12(6-8-13)19(9-10-25-11-19)18-21-17(26-24-18)16-14-3-1-2-4-15(14)22-23-16/h1-8H,9-11H2,(H,22,23). The first kappa shape index (κ1) is 15.2. The van der Waals surface area contributed by atoms with E-state index in [-0.39, 0.29) is 5.82 Å². The second-order valence-corrected chi connectivity index (χ2v) is 6.43. The van der Waals surface area contributed by atoms with Crippen LogP contribution in [0.25, 0.3) is 22.5 Å². The lowest BCUT2D eigenvalue weighted by molar-refractivity contribution is 0.182. The third-order valence-corrected chi connectivity index (χ3v) is 4.95. The van der Waals surface area contributed by atoms with Gasteiger partial charge in [-0.05, 0) is 30.2 Å². The Bertz CT molecular complexity index is 1060. The largest absolute Gasteiger partial charge is 0.380 e. The van der Waals surface area contributed by atoms with E-state index < -0.39 is 5.41 Å². The van der Waals surface area contributed by atoms with Crippen LogP contribution in [0.3, 0.4) is 0 Å². The number of benzene rings is 2. The predicted octanol–water partition coefficient (Wildman–Crippen LogP) is 3.46. The first-order valence-electron chi connectivity index (χ1n) is 8.38. The van der Waals surface area contributed by atoms with Gasteiger partial charge in [0.1, 0.15) is 5.82 Å². The molecule has 4 aromatic rings. The Morgan fingerprint density at radius 3 is 2.73 bits per heavy atom. The molecular weight excluding hydrogens is 335 g/mol. The number of hydrogen-bond acceptors (Lipinski definition) is 5. The lowest BCUT2D eigenvalue weighted by Crippen LogP contribution is -2.29. The number of rotatable bonds is 3. The zero-order valence-electron chi connectivity index (χ0n) is 13.8. The van der Waals surface area contributed by atoms with Crippen molar-refractivity contribution in [2.75, 3.05) is 13.2 Å². The van der Waals surface area contributed by atoms with Gasteiger partial charge in [0.05, 0.1) is 17.5 Å². The minimum absolute atomic E-state index is 0.278. The van der Waals surface area contributed by atoms with E-state index in [9.17, 15) is 4.39 Å². The van der Waals surface area contributed by atoms with E-state index >= 15 is 0 Å². The number of aromatic amines is 1. The van der Waals surface area contributed by atoms with Crippen LogP contribution >= 0.6 is 0 Å². The maximum atomic E-state index is 13.3. The van der Waals surface area contributed by atoms with Gasteiger partial charge in [0, 0.05) is 12.0 Å². The predicted molar refractivity (Wildman–Crippen MR) is 92.0 cm³/mol. The summed E-state index contributed by atoms with van der Waals surface area (Å²) in [5, 5.41) is 12.4. The third kappa shape index (κ3) is 2.24. The molecule has 3 heterocycles. The highest BCUT2D eigenvalue weighted by molar-refractivity contribution is 5.90. The molecule has 1 aliphatic heterocycles. The average molecular weight is 350 g/mol. The van der Waals surface area contributed by atoms with Gasteiger partial charge in [0.15, 0.2) is 11.5 Å². The number of halogens is 1. The van der Waals surface area contributed by atoms with E-state index in [0.29, 0.717) is 37.0 Å². The molecule has 6 nitrogen and oxygen atoms in total. The second-order valence-electron chi connectivity index (χ2n) is 6.43. The molecule has 0 aliphatic carbocycles. The van der Waals surface area contributed by atoms with Crippen molar-refractivity contribution in [1.82, 2.24) is 20.3 Å². The topological polar surface area (TPSA) is 76.8 Å². The summed E-state index contributed by atoms with van der Waals surface area (Å²) in [5.41, 5.74) is 1.89. The molecule has 26 heavy (non-hydrogen) atoms. The lowest BCUT2D eigenvalue weighted by atomic mass is 9.79. The number of H-pyrrole nitrogens is 1. The molecule has 0 spiro atoms. The molecule has 0 radical (unpaired) electrons. The van der Waals surface area contributed by atoms with Crippen LogP contribution in [0, 0.1) is 5.82 Å². The van der Waals surface area contributed by atoms with Crippen molar-refractivity contribution in [3.05, 3.63) is 65.7 Å². The molecule has 1 atom stereocenters. The molecule has 2 aromatic carbocycles. The molecule has 0 amide bonds. The number of fused-ring (bicyclic) bond motifs is 1.